The summed E-state index contributed by atoms with van der Waals surface area (Å²) in [6, 6.07) is 12.3. The van der Waals surface area contributed by atoms with Gasteiger partial charge in [-0.1, -0.05) is 17.3 Å². The molecule has 0 aliphatic heterocycles. The fourth-order valence-electron chi connectivity index (χ4n) is 3.32. The summed E-state index contributed by atoms with van der Waals surface area (Å²) >= 11 is 0. The van der Waals surface area contributed by atoms with Gasteiger partial charge >= 0.3 is 0 Å². The van der Waals surface area contributed by atoms with E-state index in [1.807, 2.05) is 13.0 Å². The normalized spacial score (nSPS) is 11.0. The number of nitrogens with zero attached hydrogens (tertiary/aromatic N) is 3. The fraction of sp³-hybridized carbons (Fsp3) is 0.190. The zero-order valence-corrected chi connectivity index (χ0v) is 16.2. The Balaban J connectivity index is 1.92. The average Bonchev–Trinajstić information content (AvgIpc) is 3.23. The van der Waals surface area contributed by atoms with Crippen molar-refractivity contribution >= 4 is 10.9 Å². The van der Waals surface area contributed by atoms with Crippen molar-refractivity contribution in [1.29, 1.82) is 0 Å². The highest BCUT2D eigenvalue weighted by Gasteiger charge is 2.23. The van der Waals surface area contributed by atoms with Crippen LogP contribution >= 0.6 is 0 Å². The molecular formula is C21H19N3O5. The zero-order chi connectivity index (χ0) is 20.5. The van der Waals surface area contributed by atoms with Crippen LogP contribution in [0.1, 0.15) is 6.92 Å². The predicted molar refractivity (Wildman–Crippen MR) is 107 cm³/mol. The van der Waals surface area contributed by atoms with Crippen molar-refractivity contribution in [3.05, 3.63) is 52.8 Å². The molecule has 0 amide bonds. The van der Waals surface area contributed by atoms with E-state index in [9.17, 15) is 9.90 Å². The smallest absolute Gasteiger partial charge is 0.267 e. The number of para-hydroxylation sites is 1. The Morgan fingerprint density at radius 3 is 2.66 bits per heavy atom. The third-order valence-corrected chi connectivity index (χ3v) is 4.75. The molecule has 8 heteroatoms. The molecule has 0 radical (unpaired) electrons. The molecule has 0 saturated heterocycles. The summed E-state index contributed by atoms with van der Waals surface area (Å²) in [5.41, 5.74) is 0.732. The second-order valence-corrected chi connectivity index (χ2v) is 6.28. The van der Waals surface area contributed by atoms with Crippen LogP contribution in [0.4, 0.5) is 0 Å². The zero-order valence-electron chi connectivity index (χ0n) is 16.2. The quantitative estimate of drug-likeness (QED) is 0.554. The lowest BCUT2D eigenvalue weighted by molar-refractivity contribution is 0.402. The van der Waals surface area contributed by atoms with E-state index in [0.717, 1.165) is 0 Å². The molecule has 0 unspecified atom stereocenters. The van der Waals surface area contributed by atoms with Gasteiger partial charge < -0.3 is 23.7 Å². The van der Waals surface area contributed by atoms with Crippen LogP contribution in [-0.4, -0.2) is 34.0 Å². The molecule has 0 fully saturated rings. The highest BCUT2D eigenvalue weighted by Crippen LogP contribution is 2.35. The topological polar surface area (TPSA) is 99.6 Å². The van der Waals surface area contributed by atoms with Crippen LogP contribution in [0.15, 0.2) is 51.8 Å². The minimum atomic E-state index is -0.406. The van der Waals surface area contributed by atoms with Crippen LogP contribution in [-0.2, 0) is 6.54 Å². The lowest BCUT2D eigenvalue weighted by Gasteiger charge is -2.11. The SMILES string of the molecule is CCn1c(=O)c(-c2nc(-c3cc(OC)ccc3OC)no2)c(O)c2ccccc21. The number of aryl methyl sites for hydroxylation is 1. The van der Waals surface area contributed by atoms with Crippen LogP contribution < -0.4 is 15.0 Å². The molecule has 4 rings (SSSR count). The third-order valence-electron chi connectivity index (χ3n) is 4.75. The molecule has 0 spiro atoms. The van der Waals surface area contributed by atoms with Gasteiger partial charge in [0.15, 0.2) is 0 Å². The van der Waals surface area contributed by atoms with Crippen LogP contribution in [0.5, 0.6) is 17.2 Å². The minimum absolute atomic E-state index is 0.0360. The molecule has 2 aromatic heterocycles. The van der Waals surface area contributed by atoms with E-state index < -0.39 is 5.56 Å². The lowest BCUT2D eigenvalue weighted by Crippen LogP contribution is -2.21. The number of hydrogen-bond acceptors (Lipinski definition) is 7. The molecule has 148 valence electrons. The fourth-order valence-corrected chi connectivity index (χ4v) is 3.32. The maximum Gasteiger partial charge on any atom is 0.267 e. The number of rotatable bonds is 5. The van der Waals surface area contributed by atoms with Crippen molar-refractivity contribution in [2.75, 3.05) is 14.2 Å². The number of aromatic hydroxyl groups is 1. The summed E-state index contributed by atoms with van der Waals surface area (Å²) < 4.78 is 17.5. The number of pyridine rings is 1. The van der Waals surface area contributed by atoms with E-state index in [2.05, 4.69) is 10.1 Å². The van der Waals surface area contributed by atoms with Crippen molar-refractivity contribution in [1.82, 2.24) is 14.7 Å². The molecule has 29 heavy (non-hydrogen) atoms. The molecule has 2 aromatic carbocycles. The molecule has 2 heterocycles. The second kappa shape index (κ2) is 7.31. The Hall–Kier alpha value is -3.81. The third kappa shape index (κ3) is 2.98. The van der Waals surface area contributed by atoms with Crippen molar-refractivity contribution in [3.63, 3.8) is 0 Å². The number of methoxy groups -OCH3 is 2. The first-order chi connectivity index (χ1) is 14.1. The van der Waals surface area contributed by atoms with Gasteiger partial charge in [0.05, 0.1) is 25.3 Å². The van der Waals surface area contributed by atoms with Gasteiger partial charge in [0.1, 0.15) is 22.8 Å². The highest BCUT2D eigenvalue weighted by molar-refractivity contribution is 5.91. The molecule has 0 aliphatic carbocycles. The van der Waals surface area contributed by atoms with Gasteiger partial charge in [-0.2, -0.15) is 4.98 Å². The van der Waals surface area contributed by atoms with Crippen molar-refractivity contribution in [2.24, 2.45) is 0 Å². The Bertz CT molecular complexity index is 1260. The molecule has 4 aromatic rings. The summed E-state index contributed by atoms with van der Waals surface area (Å²) in [5, 5.41) is 15.3. The Labute approximate surface area is 165 Å². The van der Waals surface area contributed by atoms with Crippen molar-refractivity contribution in [3.8, 4) is 40.1 Å². The second-order valence-electron chi connectivity index (χ2n) is 6.28. The van der Waals surface area contributed by atoms with Gasteiger partial charge in [-0.15, -0.1) is 0 Å². The number of hydrogen-bond donors (Lipinski definition) is 1. The summed E-state index contributed by atoms with van der Waals surface area (Å²) in [6.07, 6.45) is 0. The van der Waals surface area contributed by atoms with Crippen LogP contribution in [0.2, 0.25) is 0 Å². The lowest BCUT2D eigenvalue weighted by atomic mass is 10.1. The first kappa shape index (κ1) is 18.5. The first-order valence-electron chi connectivity index (χ1n) is 9.00. The molecular weight excluding hydrogens is 374 g/mol. The van der Waals surface area contributed by atoms with E-state index in [4.69, 9.17) is 14.0 Å². The molecule has 0 saturated carbocycles. The Morgan fingerprint density at radius 2 is 1.93 bits per heavy atom. The Kier molecular flexibility index (Phi) is 4.67. The van der Waals surface area contributed by atoms with Gasteiger partial charge in [-0.3, -0.25) is 4.79 Å². The Morgan fingerprint density at radius 1 is 1.14 bits per heavy atom. The molecule has 8 nitrogen and oxygen atoms in total. The average molecular weight is 393 g/mol. The summed E-state index contributed by atoms with van der Waals surface area (Å²) in [6.45, 7) is 2.28. The van der Waals surface area contributed by atoms with Crippen LogP contribution in [0, 0.1) is 0 Å². The van der Waals surface area contributed by atoms with Gasteiger partial charge in [0.25, 0.3) is 11.4 Å². The minimum Gasteiger partial charge on any atom is -0.506 e. The van der Waals surface area contributed by atoms with Crippen LogP contribution in [0.3, 0.4) is 0 Å². The van der Waals surface area contributed by atoms with Gasteiger partial charge in [0, 0.05) is 11.9 Å². The standard InChI is InChI=1S/C21H19N3O5/c1-4-24-15-8-6-5-7-13(15)18(25)17(21(24)26)20-22-19(23-29-20)14-11-12(27-2)9-10-16(14)28-3/h5-11,25H,4H2,1-3H3. The van der Waals surface area contributed by atoms with Gasteiger partial charge in [-0.05, 0) is 37.3 Å². The number of aromatic nitrogens is 3. The first-order valence-corrected chi connectivity index (χ1v) is 9.00. The molecule has 1 N–H and O–H groups in total. The number of fused-ring (bicyclic) bond motifs is 1. The van der Waals surface area contributed by atoms with Gasteiger partial charge in [-0.25, -0.2) is 0 Å². The summed E-state index contributed by atoms with van der Waals surface area (Å²) in [5.74, 6) is 1.06. The van der Waals surface area contributed by atoms with E-state index in [0.29, 0.717) is 34.5 Å². The van der Waals surface area contributed by atoms with E-state index in [1.54, 1.807) is 48.1 Å². The number of benzene rings is 2. The highest BCUT2D eigenvalue weighted by atomic mass is 16.5. The largest absolute Gasteiger partial charge is 0.506 e. The maximum atomic E-state index is 13.0. The van der Waals surface area contributed by atoms with Crippen LogP contribution in [0.25, 0.3) is 33.7 Å². The van der Waals surface area contributed by atoms with Crippen molar-refractivity contribution in [2.45, 2.75) is 13.5 Å². The summed E-state index contributed by atoms with van der Waals surface area (Å²) in [7, 11) is 3.08. The van der Waals surface area contributed by atoms with E-state index >= 15 is 0 Å². The van der Waals surface area contributed by atoms with E-state index in [-0.39, 0.29) is 23.0 Å². The van der Waals surface area contributed by atoms with Crippen molar-refractivity contribution < 1.29 is 19.1 Å². The molecule has 0 atom stereocenters. The number of ether oxygens (including phenoxy) is 2. The predicted octanol–water partition coefficient (Wildman–Crippen LogP) is 3.46. The van der Waals surface area contributed by atoms with E-state index in [1.165, 1.54) is 7.11 Å². The maximum absolute atomic E-state index is 13.0. The van der Waals surface area contributed by atoms with Gasteiger partial charge in [0.2, 0.25) is 5.82 Å². The monoisotopic (exact) mass is 393 g/mol. The summed E-state index contributed by atoms with van der Waals surface area (Å²) in [4.78, 5) is 17.4. The molecule has 0 bridgehead atoms. The molecule has 0 aliphatic rings.